The van der Waals surface area contributed by atoms with Crippen molar-refractivity contribution in [2.24, 2.45) is 17.8 Å². The van der Waals surface area contributed by atoms with Gasteiger partial charge >= 0.3 is 5.97 Å². The molecule has 6 heteroatoms. The number of ether oxygens (including phenoxy) is 2. The smallest absolute Gasteiger partial charge is 0.312 e. The number of fused-ring (bicyclic) bond motifs is 3. The van der Waals surface area contributed by atoms with Crippen molar-refractivity contribution in [2.75, 3.05) is 13.0 Å². The quantitative estimate of drug-likeness (QED) is 0.350. The molecule has 1 aliphatic heterocycles. The van der Waals surface area contributed by atoms with Gasteiger partial charge in [0.1, 0.15) is 17.8 Å². The lowest BCUT2D eigenvalue weighted by Gasteiger charge is -2.49. The zero-order chi connectivity index (χ0) is 23.3. The first-order chi connectivity index (χ1) is 15.3. The van der Waals surface area contributed by atoms with Crippen LogP contribution in [0.5, 0.6) is 0 Å². The van der Waals surface area contributed by atoms with Crippen LogP contribution in [0, 0.1) is 17.8 Å². The second-order valence-corrected chi connectivity index (χ2v) is 10.2. The molecule has 2 aliphatic carbocycles. The van der Waals surface area contributed by atoms with Crippen LogP contribution >= 0.6 is 11.6 Å². The molecule has 3 aliphatic rings. The van der Waals surface area contributed by atoms with E-state index in [0.29, 0.717) is 17.9 Å². The Bertz CT molecular complexity index is 744. The molecule has 0 spiro atoms. The predicted octanol–water partition coefficient (Wildman–Crippen LogP) is 4.70. The molecule has 0 aromatic carbocycles. The Hall–Kier alpha value is -1.14. The van der Waals surface area contributed by atoms with Gasteiger partial charge in [0.15, 0.2) is 0 Å². The highest BCUT2D eigenvalue weighted by molar-refractivity contribution is 6.19. The highest BCUT2D eigenvalue weighted by Gasteiger charge is 2.58. The Kier molecular flexibility index (Phi) is 9.02. The van der Waals surface area contributed by atoms with Crippen LogP contribution < -0.4 is 0 Å². The van der Waals surface area contributed by atoms with E-state index in [-0.39, 0.29) is 17.9 Å². The third-order valence-electron chi connectivity index (χ3n) is 7.63. The van der Waals surface area contributed by atoms with E-state index in [4.69, 9.17) is 21.1 Å². The minimum absolute atomic E-state index is 0.00305. The minimum atomic E-state index is -1.84. The van der Waals surface area contributed by atoms with Crippen LogP contribution in [0.1, 0.15) is 65.2 Å². The van der Waals surface area contributed by atoms with E-state index in [2.05, 4.69) is 13.0 Å². The van der Waals surface area contributed by atoms with Crippen LogP contribution in [-0.2, 0) is 14.3 Å². The summed E-state index contributed by atoms with van der Waals surface area (Å²) in [5.74, 6) is -0.953. The number of allylic oxidation sites excluding steroid dienone is 5. The molecule has 32 heavy (non-hydrogen) atoms. The maximum atomic E-state index is 13.4. The number of esters is 1. The van der Waals surface area contributed by atoms with Gasteiger partial charge < -0.3 is 19.7 Å². The van der Waals surface area contributed by atoms with E-state index in [1.165, 1.54) is 12.7 Å². The van der Waals surface area contributed by atoms with Gasteiger partial charge in [0.25, 0.3) is 0 Å². The van der Waals surface area contributed by atoms with Crippen molar-refractivity contribution in [3.05, 3.63) is 35.5 Å². The summed E-state index contributed by atoms with van der Waals surface area (Å²) < 4.78 is 11.5. The van der Waals surface area contributed by atoms with E-state index in [1.54, 1.807) is 6.08 Å². The van der Waals surface area contributed by atoms with E-state index in [9.17, 15) is 15.0 Å². The third-order valence-corrected chi connectivity index (χ3v) is 7.92. The molecule has 7 atom stereocenters. The summed E-state index contributed by atoms with van der Waals surface area (Å²) in [6.07, 6.45) is 13.0. The fraction of sp³-hybridized carbons (Fsp3) is 0.731. The Morgan fingerprint density at radius 3 is 2.81 bits per heavy atom. The van der Waals surface area contributed by atoms with Gasteiger partial charge in [-0.25, -0.2) is 0 Å². The van der Waals surface area contributed by atoms with Gasteiger partial charge in [-0.1, -0.05) is 36.8 Å². The van der Waals surface area contributed by atoms with Gasteiger partial charge in [0, 0.05) is 13.0 Å². The molecule has 0 amide bonds. The summed E-state index contributed by atoms with van der Waals surface area (Å²) in [5.41, 5.74) is -0.0578. The molecule has 2 N–H and O–H groups in total. The average molecular weight is 467 g/mol. The van der Waals surface area contributed by atoms with Gasteiger partial charge in [-0.3, -0.25) is 4.79 Å². The average Bonchev–Trinajstić information content (AvgIpc) is 2.77. The van der Waals surface area contributed by atoms with Crippen LogP contribution in [0.15, 0.2) is 35.5 Å². The Morgan fingerprint density at radius 1 is 1.31 bits per heavy atom. The number of halogens is 1. The standard InChI is InChI=1S/C26H39ClO5/c1-17-8-5-4-6-10-20(16-27)26(30)22(14-18(2)23(31-3)24(26)28)25(29)32-21-11-7-9-19(15-21)13-12-17/h4,6,10,12,18-19,21-24,28,30H,5,7-9,11,13-16H2,1-3H3/b6-4+,17-12+,20-10+/t18-,19+,21+,22-,23+,24+,26+/m0/s1. The SMILES string of the molecule is CO[C@H]1[C@@H](O)[C@@]2(O)/C(CCl)=C/C=C/CC/C(C)=C/C[C@H]3CCC[C@H](C3)OC(=O)[C@@H]2C[C@@H]1C. The second-order valence-electron chi connectivity index (χ2n) is 9.91. The second kappa shape index (κ2) is 11.3. The van der Waals surface area contributed by atoms with Crippen molar-refractivity contribution in [3.63, 3.8) is 0 Å². The van der Waals surface area contributed by atoms with Crippen LogP contribution in [0.3, 0.4) is 0 Å². The van der Waals surface area contributed by atoms with Gasteiger partial charge in [0.05, 0.1) is 12.0 Å². The van der Waals surface area contributed by atoms with Gasteiger partial charge in [-0.15, -0.1) is 11.6 Å². The molecule has 2 fully saturated rings. The number of rotatable bonds is 2. The molecule has 180 valence electrons. The van der Waals surface area contributed by atoms with Crippen LogP contribution in [0.2, 0.25) is 0 Å². The molecular formula is C26H39ClO5. The molecule has 0 radical (unpaired) electrons. The van der Waals surface area contributed by atoms with Crippen molar-refractivity contribution < 1.29 is 24.5 Å². The summed E-state index contributed by atoms with van der Waals surface area (Å²) >= 11 is 6.26. The molecule has 1 heterocycles. The maximum Gasteiger partial charge on any atom is 0.312 e. The molecule has 5 nitrogen and oxygen atoms in total. The summed E-state index contributed by atoms with van der Waals surface area (Å²) in [4.78, 5) is 13.4. The van der Waals surface area contributed by atoms with Crippen LogP contribution in [0.4, 0.5) is 0 Å². The number of hydrogen-bond acceptors (Lipinski definition) is 5. The van der Waals surface area contributed by atoms with Gasteiger partial charge in [-0.05, 0) is 75.7 Å². The number of methoxy groups -OCH3 is 1. The topological polar surface area (TPSA) is 76.0 Å². The lowest BCUT2D eigenvalue weighted by Crippen LogP contribution is -2.64. The monoisotopic (exact) mass is 466 g/mol. The van der Waals surface area contributed by atoms with Crippen LogP contribution in [-0.4, -0.2) is 53.1 Å². The van der Waals surface area contributed by atoms with Crippen LogP contribution in [0.25, 0.3) is 0 Å². The number of hydrogen-bond donors (Lipinski definition) is 2. The van der Waals surface area contributed by atoms with Crippen molar-refractivity contribution in [3.8, 4) is 0 Å². The molecule has 0 saturated heterocycles. The number of aliphatic hydroxyl groups excluding tert-OH is 1. The fourth-order valence-corrected chi connectivity index (χ4v) is 5.96. The third kappa shape index (κ3) is 5.49. The first kappa shape index (κ1) is 25.5. The number of alkyl halides is 1. The largest absolute Gasteiger partial charge is 0.462 e. The number of carbonyl (C=O) groups is 1. The Morgan fingerprint density at radius 2 is 2.09 bits per heavy atom. The minimum Gasteiger partial charge on any atom is -0.462 e. The van der Waals surface area contributed by atoms with Gasteiger partial charge in [0.2, 0.25) is 0 Å². The zero-order valence-corrected chi connectivity index (χ0v) is 20.4. The van der Waals surface area contributed by atoms with E-state index in [0.717, 1.165) is 44.9 Å². The highest BCUT2D eigenvalue weighted by atomic mass is 35.5. The molecular weight excluding hydrogens is 428 g/mol. The molecule has 0 unspecified atom stereocenters. The fourth-order valence-electron chi connectivity index (χ4n) is 5.66. The van der Waals surface area contributed by atoms with Gasteiger partial charge in [-0.2, -0.15) is 0 Å². The van der Waals surface area contributed by atoms with Crippen molar-refractivity contribution in [2.45, 2.75) is 89.1 Å². The highest BCUT2D eigenvalue weighted by Crippen LogP contribution is 2.44. The molecule has 0 aromatic heterocycles. The van der Waals surface area contributed by atoms with E-state index < -0.39 is 29.7 Å². The molecule has 3 rings (SSSR count). The number of carbonyl (C=O) groups excluding carboxylic acids is 1. The predicted molar refractivity (Wildman–Crippen MR) is 126 cm³/mol. The summed E-state index contributed by atoms with van der Waals surface area (Å²) in [6.45, 7) is 4.09. The van der Waals surface area contributed by atoms with Crippen molar-refractivity contribution in [1.82, 2.24) is 0 Å². The first-order valence-corrected chi connectivity index (χ1v) is 12.6. The number of aliphatic hydroxyl groups is 2. The maximum absolute atomic E-state index is 13.4. The lowest BCUT2D eigenvalue weighted by molar-refractivity contribution is -0.204. The Balaban J connectivity index is 1.99. The lowest BCUT2D eigenvalue weighted by atomic mass is 9.65. The molecule has 0 aromatic rings. The van der Waals surface area contributed by atoms with Crippen molar-refractivity contribution >= 4 is 17.6 Å². The zero-order valence-electron chi connectivity index (χ0n) is 19.6. The molecule has 2 saturated carbocycles. The normalized spacial score (nSPS) is 43.8. The first-order valence-electron chi connectivity index (χ1n) is 12.0. The van der Waals surface area contributed by atoms with Crippen molar-refractivity contribution in [1.29, 1.82) is 0 Å². The molecule has 2 bridgehead atoms. The summed E-state index contributed by atoms with van der Waals surface area (Å²) in [6, 6.07) is 0. The van der Waals surface area contributed by atoms with E-state index in [1.807, 2.05) is 19.1 Å². The Labute approximate surface area is 197 Å². The van der Waals surface area contributed by atoms with E-state index >= 15 is 0 Å². The summed E-state index contributed by atoms with van der Waals surface area (Å²) in [5, 5.41) is 23.1. The summed E-state index contributed by atoms with van der Waals surface area (Å²) in [7, 11) is 1.52.